The van der Waals surface area contributed by atoms with Crippen molar-refractivity contribution < 1.29 is 27.9 Å². The zero-order chi connectivity index (χ0) is 50.8. The van der Waals surface area contributed by atoms with E-state index in [2.05, 4.69) is 201 Å². The molecular formula is C62H62B3BrO6. The summed E-state index contributed by atoms with van der Waals surface area (Å²) in [6.45, 7) is 24.6. The Hall–Kier alpha value is -5.29. The first-order valence-electron chi connectivity index (χ1n) is 25.3. The molecule has 3 aliphatic rings. The molecule has 10 aromatic rings. The van der Waals surface area contributed by atoms with Crippen LogP contribution in [-0.2, 0) is 27.9 Å². The van der Waals surface area contributed by atoms with E-state index in [9.17, 15) is 0 Å². The summed E-state index contributed by atoms with van der Waals surface area (Å²) in [5.74, 6) is 0. The van der Waals surface area contributed by atoms with Gasteiger partial charge in [0.05, 0.1) is 33.6 Å². The maximum Gasteiger partial charge on any atom is 0.495 e. The van der Waals surface area contributed by atoms with Gasteiger partial charge >= 0.3 is 21.1 Å². The fourth-order valence-electron chi connectivity index (χ4n) is 10.7. The van der Waals surface area contributed by atoms with E-state index in [1.165, 1.54) is 86.2 Å². The second-order valence-corrected chi connectivity index (χ2v) is 23.6. The molecular weight excluding hydrogens is 953 g/mol. The van der Waals surface area contributed by atoms with Crippen LogP contribution in [0.3, 0.4) is 0 Å². The second kappa shape index (κ2) is 17.4. The first-order valence-corrected chi connectivity index (χ1v) is 26.1. The molecule has 0 N–H and O–H groups in total. The van der Waals surface area contributed by atoms with E-state index in [4.69, 9.17) is 27.9 Å². The molecule has 72 heavy (non-hydrogen) atoms. The lowest BCUT2D eigenvalue weighted by molar-refractivity contribution is 0.00578. The van der Waals surface area contributed by atoms with E-state index >= 15 is 0 Å². The fraction of sp³-hybridized carbons (Fsp3) is 0.290. The van der Waals surface area contributed by atoms with Crippen LogP contribution in [-0.4, -0.2) is 54.7 Å². The van der Waals surface area contributed by atoms with Crippen LogP contribution in [0.4, 0.5) is 0 Å². The average molecular weight is 1020 g/mol. The first-order chi connectivity index (χ1) is 34.1. The molecule has 362 valence electrons. The van der Waals surface area contributed by atoms with E-state index in [1.807, 2.05) is 55.4 Å². The van der Waals surface area contributed by atoms with E-state index in [-0.39, 0.29) is 33.6 Å². The van der Waals surface area contributed by atoms with Crippen LogP contribution in [0.5, 0.6) is 0 Å². The van der Waals surface area contributed by atoms with Crippen molar-refractivity contribution in [2.24, 2.45) is 0 Å². The highest BCUT2D eigenvalue weighted by atomic mass is 79.9. The molecule has 3 fully saturated rings. The van der Waals surface area contributed by atoms with Gasteiger partial charge in [0.15, 0.2) is 0 Å². The van der Waals surface area contributed by atoms with E-state index < -0.39 is 21.1 Å². The highest BCUT2D eigenvalue weighted by Gasteiger charge is 2.63. The van der Waals surface area contributed by atoms with Gasteiger partial charge in [-0.1, -0.05) is 168 Å². The zero-order valence-corrected chi connectivity index (χ0v) is 45.2. The predicted octanol–water partition coefficient (Wildman–Crippen LogP) is 15.9. The largest absolute Gasteiger partial charge is 0.495 e. The number of fused-ring (bicyclic) bond motifs is 16. The number of rotatable bonds is 2. The predicted molar refractivity (Wildman–Crippen MR) is 309 cm³/mol. The topological polar surface area (TPSA) is 55.4 Å². The molecule has 13 rings (SSSR count). The van der Waals surface area contributed by atoms with Crippen molar-refractivity contribution in [3.63, 3.8) is 0 Å². The SMILES string of the molecule is Brc1cc2c3ccccc3c3ccccc3c2c2ccccc12.CC1(C)OB(B2OC(C)(C)C(C)(C)O2)OC1(C)C.CC1(C)OB(c2cc3c4ccccc4c4ccccc4c3c3ccccc23)OC1(C)C. The number of benzene rings is 10. The standard InChI is InChI=1S/C28H25BO2.C22H13Br.C12H24B2O4/c1-27(2)28(3,4)31-29(30-27)25-17-24-20-13-6-5-11-18(20)19-12-7-9-15-22(19)26(24)23-16-10-8-14-21(23)25;23-21-13-20-16-9-2-1-7-14(16)15-8-3-5-11-18(15)22(20)19-12-6-4-10-17(19)21;1-9(2)10(3,4)16-13(15-9)14-17-11(5,6)12(7,8)18-14/h5-17H,1-4H3;1-13H;1-8H3. The van der Waals surface area contributed by atoms with E-state index in [0.717, 1.165) is 9.94 Å². The Kier molecular flexibility index (Phi) is 11.8. The molecule has 0 bridgehead atoms. The van der Waals surface area contributed by atoms with Crippen molar-refractivity contribution >= 4 is 129 Å². The summed E-state index contributed by atoms with van der Waals surface area (Å²) in [4.78, 5) is 0. The molecule has 0 aliphatic carbocycles. The zero-order valence-electron chi connectivity index (χ0n) is 43.6. The minimum absolute atomic E-state index is 0.360. The Balaban J connectivity index is 0.000000122. The third-order valence-corrected chi connectivity index (χ3v) is 17.4. The van der Waals surface area contributed by atoms with Crippen LogP contribution in [0.25, 0.3) is 86.2 Å². The molecule has 10 aromatic carbocycles. The maximum atomic E-state index is 6.48. The summed E-state index contributed by atoms with van der Waals surface area (Å²) in [6.07, 6.45) is 0. The van der Waals surface area contributed by atoms with E-state index in [1.54, 1.807) is 0 Å². The molecule has 0 radical (unpaired) electrons. The van der Waals surface area contributed by atoms with Gasteiger partial charge in [-0.15, -0.1) is 0 Å². The minimum atomic E-state index is -0.476. The third kappa shape index (κ3) is 7.96. The van der Waals surface area contributed by atoms with Crippen molar-refractivity contribution in [3.05, 3.63) is 162 Å². The van der Waals surface area contributed by atoms with Crippen molar-refractivity contribution in [2.75, 3.05) is 0 Å². The molecule has 0 aromatic heterocycles. The smallest absolute Gasteiger partial charge is 0.405 e. The molecule has 3 heterocycles. The average Bonchev–Trinajstić information content (AvgIpc) is 3.83. The van der Waals surface area contributed by atoms with Crippen molar-refractivity contribution in [1.29, 1.82) is 0 Å². The Morgan fingerprint density at radius 3 is 0.875 bits per heavy atom. The monoisotopic (exact) mass is 1010 g/mol. The molecule has 0 spiro atoms. The highest BCUT2D eigenvalue weighted by Crippen LogP contribution is 2.45. The summed E-state index contributed by atoms with van der Waals surface area (Å²) in [5, 5.41) is 20.6. The molecule has 0 atom stereocenters. The molecule has 3 aliphatic heterocycles. The van der Waals surface area contributed by atoms with Gasteiger partial charge in [-0.25, -0.2) is 0 Å². The highest BCUT2D eigenvalue weighted by molar-refractivity contribution is 9.10. The summed E-state index contributed by atoms with van der Waals surface area (Å²) >= 11 is 3.77. The molecule has 0 unspecified atom stereocenters. The lowest BCUT2D eigenvalue weighted by Gasteiger charge is -2.32. The Morgan fingerprint density at radius 1 is 0.278 bits per heavy atom. The van der Waals surface area contributed by atoms with Gasteiger partial charge in [0.25, 0.3) is 0 Å². The van der Waals surface area contributed by atoms with Crippen LogP contribution in [0.1, 0.15) is 83.1 Å². The Morgan fingerprint density at radius 2 is 0.514 bits per heavy atom. The Labute approximate surface area is 433 Å². The normalized spacial score (nSPS) is 19.4. The molecule has 0 amide bonds. The number of halogens is 1. The molecule has 3 saturated heterocycles. The summed E-state index contributed by atoms with van der Waals surface area (Å²) in [5.41, 5.74) is -1.09. The van der Waals surface area contributed by atoms with Gasteiger partial charge in [0.1, 0.15) is 0 Å². The number of hydrogen-bond donors (Lipinski definition) is 0. The first kappa shape index (κ1) is 49.0. The molecule has 0 saturated carbocycles. The van der Waals surface area contributed by atoms with Crippen molar-refractivity contribution in [2.45, 2.75) is 117 Å². The van der Waals surface area contributed by atoms with Crippen LogP contribution in [0, 0.1) is 0 Å². The maximum absolute atomic E-state index is 6.48. The molecule has 10 heteroatoms. The summed E-state index contributed by atoms with van der Waals surface area (Å²) < 4.78 is 38.0. The number of hydrogen-bond acceptors (Lipinski definition) is 6. The fourth-order valence-corrected chi connectivity index (χ4v) is 11.3. The van der Waals surface area contributed by atoms with Crippen LogP contribution >= 0.6 is 15.9 Å². The van der Waals surface area contributed by atoms with Gasteiger partial charge in [-0.3, -0.25) is 0 Å². The van der Waals surface area contributed by atoms with Gasteiger partial charge in [-0.2, -0.15) is 0 Å². The van der Waals surface area contributed by atoms with Gasteiger partial charge in [-0.05, 0) is 181 Å². The summed E-state index contributed by atoms with van der Waals surface area (Å²) in [6, 6.07) is 56.7. The van der Waals surface area contributed by atoms with Crippen LogP contribution < -0.4 is 5.46 Å². The quantitative estimate of drug-likeness (QED) is 0.127. The van der Waals surface area contributed by atoms with Crippen molar-refractivity contribution in [1.82, 2.24) is 0 Å². The summed E-state index contributed by atoms with van der Waals surface area (Å²) in [7, 11) is -1.35. The van der Waals surface area contributed by atoms with Gasteiger partial charge < -0.3 is 27.9 Å². The molecule has 6 nitrogen and oxygen atoms in total. The minimum Gasteiger partial charge on any atom is -0.405 e. The van der Waals surface area contributed by atoms with Crippen molar-refractivity contribution in [3.8, 4) is 0 Å². The Bertz CT molecular complexity index is 3710. The van der Waals surface area contributed by atoms with Gasteiger partial charge in [0.2, 0.25) is 0 Å². The lowest BCUT2D eigenvalue weighted by Crippen LogP contribution is -2.41. The van der Waals surface area contributed by atoms with Crippen LogP contribution in [0.15, 0.2) is 162 Å². The van der Waals surface area contributed by atoms with Crippen LogP contribution in [0.2, 0.25) is 0 Å². The van der Waals surface area contributed by atoms with E-state index in [0.29, 0.717) is 0 Å². The second-order valence-electron chi connectivity index (χ2n) is 22.8. The van der Waals surface area contributed by atoms with Gasteiger partial charge in [0, 0.05) is 4.47 Å². The lowest BCUT2D eigenvalue weighted by atomic mass is 9.49. The third-order valence-electron chi connectivity index (χ3n) is 16.8.